The lowest BCUT2D eigenvalue weighted by Crippen LogP contribution is -2.65. The lowest BCUT2D eigenvalue weighted by atomic mass is 10.0. The van der Waals surface area contributed by atoms with Gasteiger partial charge >= 0.3 is 0 Å². The molecule has 0 fully saturated rings. The highest BCUT2D eigenvalue weighted by Crippen LogP contribution is 2.05. The largest absolute Gasteiger partial charge is 0.395 e. The molecule has 0 radical (unpaired) electrons. The number of hydrogen-bond donors (Lipinski definition) is 6. The van der Waals surface area contributed by atoms with Gasteiger partial charge in [0.1, 0.15) is 11.1 Å². The van der Waals surface area contributed by atoms with Gasteiger partial charge in [-0.1, -0.05) is 7.43 Å². The first-order valence-electron chi connectivity index (χ1n) is 6.50. The molecule has 0 saturated heterocycles. The zero-order chi connectivity index (χ0) is 15.8. The minimum Gasteiger partial charge on any atom is -0.395 e. The third-order valence-electron chi connectivity index (χ3n) is 2.62. The van der Waals surface area contributed by atoms with E-state index in [1.807, 2.05) is 0 Å². The van der Waals surface area contributed by atoms with Crippen LogP contribution in [0.2, 0.25) is 0 Å². The van der Waals surface area contributed by atoms with Crippen molar-refractivity contribution < 1.29 is 19.8 Å². The highest BCUT2D eigenvalue weighted by Gasteiger charge is 2.32. The zero-order valence-electron chi connectivity index (χ0n) is 12.5. The van der Waals surface area contributed by atoms with Gasteiger partial charge in [0.05, 0.1) is 13.2 Å². The Kier molecular flexibility index (Phi) is 10.2. The van der Waals surface area contributed by atoms with Crippen molar-refractivity contribution >= 4 is 11.8 Å². The number of rotatable bonds is 9. The predicted molar refractivity (Wildman–Crippen MR) is 81.4 cm³/mol. The second kappa shape index (κ2) is 9.67. The minimum absolute atomic E-state index is 0. The van der Waals surface area contributed by atoms with Crippen LogP contribution in [-0.2, 0) is 9.59 Å². The number of amides is 2. The molecule has 0 aliphatic rings. The Morgan fingerprint density at radius 2 is 1.10 bits per heavy atom. The molecule has 8 nitrogen and oxygen atoms in total. The van der Waals surface area contributed by atoms with E-state index in [4.69, 9.17) is 10.2 Å². The lowest BCUT2D eigenvalue weighted by molar-refractivity contribution is -0.130. The monoisotopic (exact) mass is 306 g/mol. The second-order valence-corrected chi connectivity index (χ2v) is 5.46. The van der Waals surface area contributed by atoms with Gasteiger partial charge in [-0.3, -0.25) is 9.59 Å². The Labute approximate surface area is 126 Å². The topological polar surface area (TPSA) is 123 Å². The quantitative estimate of drug-likeness (QED) is 0.288. The summed E-state index contributed by atoms with van der Waals surface area (Å²) in [6.07, 6.45) is 0. The zero-order valence-corrected chi connectivity index (χ0v) is 12.5. The van der Waals surface area contributed by atoms with Crippen molar-refractivity contribution in [2.75, 3.05) is 26.3 Å². The van der Waals surface area contributed by atoms with Crippen LogP contribution < -0.4 is 21.5 Å². The van der Waals surface area contributed by atoms with Gasteiger partial charge in [0.25, 0.3) is 0 Å². The summed E-state index contributed by atoms with van der Waals surface area (Å²) in [6.45, 7) is 6.66. The van der Waals surface area contributed by atoms with Crippen LogP contribution >= 0.6 is 0 Å². The molecule has 2 amide bonds. The molecule has 0 bridgehead atoms. The van der Waals surface area contributed by atoms with Crippen LogP contribution in [0.25, 0.3) is 0 Å². The van der Waals surface area contributed by atoms with Crippen LogP contribution in [0.1, 0.15) is 35.1 Å². The molecule has 0 unspecified atom stereocenters. The summed E-state index contributed by atoms with van der Waals surface area (Å²) >= 11 is 0. The summed E-state index contributed by atoms with van der Waals surface area (Å²) in [6, 6.07) is 0. The molecule has 0 aromatic rings. The van der Waals surface area contributed by atoms with E-state index < -0.39 is 11.1 Å². The first-order valence-corrected chi connectivity index (χ1v) is 6.50. The molecule has 0 aromatic heterocycles. The van der Waals surface area contributed by atoms with Gasteiger partial charge in [-0.25, -0.2) is 10.9 Å². The highest BCUT2D eigenvalue weighted by atomic mass is 16.3. The summed E-state index contributed by atoms with van der Waals surface area (Å²) in [5, 5.41) is 22.4. The SMILES string of the molecule is C.CC(C)(NNC(C)(C)C(=O)NCCO)C(=O)NCCO. The molecular formula is C13H30N4O4. The number of carbonyl (C=O) groups is 2. The third kappa shape index (κ3) is 7.96. The van der Waals surface area contributed by atoms with E-state index in [-0.39, 0.29) is 45.5 Å². The summed E-state index contributed by atoms with van der Waals surface area (Å²) < 4.78 is 0. The maximum absolute atomic E-state index is 11.8. The number of aliphatic hydroxyl groups excluding tert-OH is 2. The maximum atomic E-state index is 11.8. The fourth-order valence-corrected chi connectivity index (χ4v) is 1.21. The van der Waals surface area contributed by atoms with Crippen LogP contribution in [-0.4, -0.2) is 59.4 Å². The molecule has 0 aliphatic heterocycles. The number of nitrogens with one attached hydrogen (secondary N) is 4. The number of carbonyl (C=O) groups excluding carboxylic acids is 2. The lowest BCUT2D eigenvalue weighted by Gasteiger charge is -2.32. The van der Waals surface area contributed by atoms with Crippen LogP contribution in [0.15, 0.2) is 0 Å². The van der Waals surface area contributed by atoms with E-state index in [0.717, 1.165) is 0 Å². The number of hydrogen-bond acceptors (Lipinski definition) is 6. The fourth-order valence-electron chi connectivity index (χ4n) is 1.21. The van der Waals surface area contributed by atoms with Gasteiger partial charge in [-0.15, -0.1) is 0 Å². The van der Waals surface area contributed by atoms with Gasteiger partial charge < -0.3 is 20.8 Å². The molecule has 21 heavy (non-hydrogen) atoms. The van der Waals surface area contributed by atoms with Crippen molar-refractivity contribution in [1.82, 2.24) is 21.5 Å². The van der Waals surface area contributed by atoms with Gasteiger partial charge in [0.2, 0.25) is 11.8 Å². The van der Waals surface area contributed by atoms with E-state index in [2.05, 4.69) is 21.5 Å². The summed E-state index contributed by atoms with van der Waals surface area (Å²) in [5.74, 6) is -0.601. The Balaban J connectivity index is 0. The van der Waals surface area contributed by atoms with Crippen molar-refractivity contribution in [2.45, 2.75) is 46.2 Å². The van der Waals surface area contributed by atoms with Gasteiger partial charge in [-0.05, 0) is 27.7 Å². The first-order chi connectivity index (χ1) is 9.17. The predicted octanol–water partition coefficient (Wildman–Crippen LogP) is -1.51. The average molecular weight is 306 g/mol. The Bertz CT molecular complexity index is 300. The number of aliphatic hydroxyl groups is 2. The Morgan fingerprint density at radius 3 is 1.33 bits per heavy atom. The van der Waals surface area contributed by atoms with Crippen LogP contribution in [0.4, 0.5) is 0 Å². The summed E-state index contributed by atoms with van der Waals surface area (Å²) in [5.41, 5.74) is 3.69. The minimum atomic E-state index is -0.955. The molecule has 126 valence electrons. The standard InChI is InChI=1S/C12H26N4O4.CH4/c1-11(2,9(19)13-5-7-17)15-16-12(3,4)10(20)14-6-8-18;/h15-18H,5-8H2,1-4H3,(H,13,19)(H,14,20);1H4. The van der Waals surface area contributed by atoms with Gasteiger partial charge in [-0.2, -0.15) is 0 Å². The molecule has 0 spiro atoms. The second-order valence-electron chi connectivity index (χ2n) is 5.46. The smallest absolute Gasteiger partial charge is 0.241 e. The molecule has 0 rings (SSSR count). The maximum Gasteiger partial charge on any atom is 0.241 e. The molecule has 0 atom stereocenters. The highest BCUT2D eigenvalue weighted by molar-refractivity contribution is 5.86. The first kappa shape index (κ1) is 22.1. The van der Waals surface area contributed by atoms with Crippen LogP contribution in [0, 0.1) is 0 Å². The Hall–Kier alpha value is -1.22. The Morgan fingerprint density at radius 1 is 0.810 bits per heavy atom. The number of hydrazine groups is 1. The molecule has 6 N–H and O–H groups in total. The van der Waals surface area contributed by atoms with Crippen LogP contribution in [0.3, 0.4) is 0 Å². The van der Waals surface area contributed by atoms with Crippen molar-refractivity contribution in [1.29, 1.82) is 0 Å². The average Bonchev–Trinajstić information content (AvgIpc) is 2.39. The van der Waals surface area contributed by atoms with E-state index in [0.29, 0.717) is 0 Å². The molecule has 8 heteroatoms. The van der Waals surface area contributed by atoms with Crippen LogP contribution in [0.5, 0.6) is 0 Å². The normalized spacial score (nSPS) is 11.5. The van der Waals surface area contributed by atoms with E-state index in [1.54, 1.807) is 27.7 Å². The van der Waals surface area contributed by atoms with Crippen molar-refractivity contribution in [3.8, 4) is 0 Å². The van der Waals surface area contributed by atoms with Crippen molar-refractivity contribution in [3.05, 3.63) is 0 Å². The van der Waals surface area contributed by atoms with E-state index >= 15 is 0 Å². The molecule has 0 saturated carbocycles. The van der Waals surface area contributed by atoms with E-state index in [1.165, 1.54) is 0 Å². The summed E-state index contributed by atoms with van der Waals surface area (Å²) in [4.78, 5) is 23.6. The third-order valence-corrected chi connectivity index (χ3v) is 2.62. The van der Waals surface area contributed by atoms with E-state index in [9.17, 15) is 9.59 Å². The van der Waals surface area contributed by atoms with Gasteiger partial charge in [0, 0.05) is 13.1 Å². The van der Waals surface area contributed by atoms with Gasteiger partial charge in [0.15, 0.2) is 0 Å². The molecule has 0 heterocycles. The molecule has 0 aromatic carbocycles. The van der Waals surface area contributed by atoms with Crippen molar-refractivity contribution in [2.24, 2.45) is 0 Å². The summed E-state index contributed by atoms with van der Waals surface area (Å²) in [7, 11) is 0. The molecular weight excluding hydrogens is 276 g/mol. The molecule has 0 aliphatic carbocycles. The van der Waals surface area contributed by atoms with Crippen molar-refractivity contribution in [3.63, 3.8) is 0 Å². The fraction of sp³-hybridized carbons (Fsp3) is 0.846.